The fourth-order valence-corrected chi connectivity index (χ4v) is 38.0. The van der Waals surface area contributed by atoms with E-state index in [2.05, 4.69) is 391 Å². The van der Waals surface area contributed by atoms with Crippen LogP contribution in [0.25, 0.3) is 0 Å². The van der Waals surface area contributed by atoms with Crippen molar-refractivity contribution in [1.29, 1.82) is 0 Å². The van der Waals surface area contributed by atoms with Crippen LogP contribution < -0.4 is 0 Å². The summed E-state index contributed by atoms with van der Waals surface area (Å²) in [6.07, 6.45) is 24.1. The zero-order chi connectivity index (χ0) is 111. The van der Waals surface area contributed by atoms with Crippen molar-refractivity contribution in [3.8, 4) is 0 Å². The summed E-state index contributed by atoms with van der Waals surface area (Å²) >= 11 is 12.6. The number of carbonyl (C=O) groups is 3. The van der Waals surface area contributed by atoms with Crippen molar-refractivity contribution in [2.45, 2.75) is 467 Å². The first-order valence-electron chi connectivity index (χ1n) is 60.3. The summed E-state index contributed by atoms with van der Waals surface area (Å²) in [6.45, 7) is 121. The van der Waals surface area contributed by atoms with Gasteiger partial charge in [0, 0.05) is 104 Å². The van der Waals surface area contributed by atoms with E-state index < -0.39 is 0 Å². The fraction of sp³-hybridized carbons (Fsp3) is 0.977. The molecule has 0 radical (unpaired) electrons. The van der Waals surface area contributed by atoms with Crippen LogP contribution in [0.15, 0.2) is 0 Å². The normalized spacial score (nSPS) is 23.3. The average molecular weight is 2140 g/mol. The SMILES string of the molecule is CC(C)C1(C(C)C)CCC(=O)C1.CC(C)C1(C(C)C)CCC(=O)CC1.CC(C)C1(C(C)C)CCCC(=O)C1.CC(C)C1(C(C)C)CCCOC1.CC(C)C1(C(C)C)CCCSC1.CC(C)C1(C(C)C)CCOC1.CC(C)C1(C(C)C)CCOCC1.CC(C)C1(C(C)C)CCSC1.CC(C)C1(C(C)C)CCSCC1.CC(C)C1(C(C)C)COCOC1.CC(C)C1(C(C)C)COCSC1.CC(C)C1(C(C)C)CSCSC1. The monoisotopic (exact) mass is 2140 g/mol. The molecule has 15 heteroatoms. The third kappa shape index (κ3) is 40.1. The molecule has 9 saturated heterocycles. The van der Waals surface area contributed by atoms with Gasteiger partial charge in [-0.3, -0.25) is 14.4 Å². The highest BCUT2D eigenvalue weighted by Crippen LogP contribution is 2.56. The van der Waals surface area contributed by atoms with Crippen molar-refractivity contribution in [2.75, 3.05) is 129 Å². The molecule has 144 heavy (non-hydrogen) atoms. The lowest BCUT2D eigenvalue weighted by molar-refractivity contribution is -0.192. The molecule has 9 heterocycles. The molecule has 12 fully saturated rings. The Bertz CT molecular complexity index is 2800. The van der Waals surface area contributed by atoms with Gasteiger partial charge in [-0.1, -0.05) is 332 Å². The molecule has 9 aliphatic heterocycles. The second-order valence-electron chi connectivity index (χ2n) is 55.4. The van der Waals surface area contributed by atoms with Gasteiger partial charge in [0.25, 0.3) is 0 Å². The average Bonchev–Trinajstić information content (AvgIpc) is 1.66. The smallest absolute Gasteiger partial charge is 0.146 e. The first kappa shape index (κ1) is 143. The van der Waals surface area contributed by atoms with Crippen LogP contribution >= 0.6 is 70.6 Å². The molecule has 0 atom stereocenters. The molecule has 0 amide bonds. The molecule has 3 aliphatic carbocycles. The summed E-state index contributed by atoms with van der Waals surface area (Å²) in [5.41, 5.74) is 5.75. The quantitative estimate of drug-likeness (QED) is 0.0914. The molecular formula is C129H252O9S6. The Morgan fingerprint density at radius 2 is 0.438 bits per heavy atom. The van der Waals surface area contributed by atoms with Gasteiger partial charge in [-0.25, -0.2) is 0 Å². The van der Waals surface area contributed by atoms with E-state index in [0.717, 1.165) is 224 Å². The molecule has 9 nitrogen and oxygen atoms in total. The second kappa shape index (κ2) is 68.0. The molecule has 0 N–H and O–H groups in total. The van der Waals surface area contributed by atoms with Crippen LogP contribution in [0.4, 0.5) is 0 Å². The lowest BCUT2D eigenvalue weighted by Crippen LogP contribution is -2.45. The largest absolute Gasteiger partial charge is 0.381 e. The van der Waals surface area contributed by atoms with Crippen LogP contribution in [-0.2, 0) is 42.8 Å². The van der Waals surface area contributed by atoms with Crippen molar-refractivity contribution >= 4 is 87.9 Å². The van der Waals surface area contributed by atoms with E-state index in [9.17, 15) is 14.4 Å². The number of hydrogen-bond acceptors (Lipinski definition) is 15. The highest BCUT2D eigenvalue weighted by molar-refractivity contribution is 8.16. The van der Waals surface area contributed by atoms with Crippen LogP contribution in [-0.4, -0.2) is 146 Å². The predicted octanol–water partition coefficient (Wildman–Crippen LogP) is 38.9. The zero-order valence-corrected chi connectivity index (χ0v) is 110. The Kier molecular flexibility index (Phi) is 67.4. The van der Waals surface area contributed by atoms with Crippen LogP contribution in [0.5, 0.6) is 0 Å². The summed E-state index contributed by atoms with van der Waals surface area (Å²) in [5, 5.41) is 1.31. The number of Topliss-reactive ketones (excluding diaryl/α,β-unsaturated/α-hetero) is 3. The van der Waals surface area contributed by atoms with Gasteiger partial charge in [0.05, 0.1) is 39.0 Å². The van der Waals surface area contributed by atoms with E-state index >= 15 is 0 Å². The standard InChI is InChI=1S/2C12H22O.C11H22O.C11H20O.C11H22O.2C11H22S.C10H20O2.C10H20OS.C10H20O.C10H20S2.C10H20S/c1-9(2)12(10(3)4)7-5-11(13)6-8-12;1-9(2)12(10(3)4)7-5-6-11(13)8-12;1-9(2)11(10(3)4)5-7-12-8-6-11;1-8(2)11(9(3)4)6-5-10(12)7-11;1-9(2)11(10(3)4)6-5-7-12-8-11;1-9(2)11(10(3)4)5-7-12-8-6-11;1-9(2)11(10(3)4)6-5-7-12-8-11;2*1-8(2)10(9(3)4)5-11-7-12-6-10;1-8(2)10(9(3)4)5-6-11-7-10;1-8(2)10(9(3)4)5-11-7-12-6-10;1-8(2)10(9(3)4)5-6-11-7-10/h2*9-10H,5-8H2,1-4H3;9-10H,5-8H2,1-4H3;8-9H,5-7H2,1-4H3;3*9-10H,5-8H2,1-4H3;2*8-9H,5-7H2,1-4H3;8-9H,5-7H2,1-4H3;8-9H,5-7H2,1-4H3;8-9H,5-7H2,1-4H3. The van der Waals surface area contributed by atoms with Gasteiger partial charge in [-0.15, -0.1) is 11.8 Å². The first-order valence-corrected chi connectivity index (χ1v) is 67.2. The van der Waals surface area contributed by atoms with E-state index in [1.165, 1.54) is 127 Å². The predicted molar refractivity (Wildman–Crippen MR) is 652 cm³/mol. The highest BCUT2D eigenvalue weighted by atomic mass is 32.2. The molecule has 0 aromatic carbocycles. The Morgan fingerprint density at radius 3 is 0.681 bits per heavy atom. The lowest BCUT2D eigenvalue weighted by atomic mass is 9.61. The van der Waals surface area contributed by atoms with E-state index in [1.54, 1.807) is 0 Å². The molecule has 858 valence electrons. The summed E-state index contributed by atoms with van der Waals surface area (Å²) < 4.78 is 32.9. The molecule has 0 unspecified atom stereocenters. The minimum Gasteiger partial charge on any atom is -0.381 e. The summed E-state index contributed by atoms with van der Waals surface area (Å²) in [6, 6.07) is 0. The summed E-state index contributed by atoms with van der Waals surface area (Å²) in [7, 11) is 0. The molecule has 0 bridgehead atoms. The highest BCUT2D eigenvalue weighted by Gasteiger charge is 2.50. The van der Waals surface area contributed by atoms with E-state index in [1.807, 2.05) is 11.8 Å². The number of ketones is 3. The van der Waals surface area contributed by atoms with Crippen LogP contribution in [0.2, 0.25) is 0 Å². The molecule has 0 aromatic heterocycles. The van der Waals surface area contributed by atoms with Gasteiger partial charge in [-0.2, -0.15) is 58.8 Å². The van der Waals surface area contributed by atoms with Crippen LogP contribution in [0, 0.1) is 207 Å². The van der Waals surface area contributed by atoms with Crippen molar-refractivity contribution < 1.29 is 42.8 Å². The molecule has 12 rings (SSSR count). The topological polar surface area (TPSA) is 107 Å². The number of ether oxygens (including phenoxy) is 6. The van der Waals surface area contributed by atoms with Gasteiger partial charge in [0.15, 0.2) is 0 Å². The van der Waals surface area contributed by atoms with Crippen molar-refractivity contribution in [3.05, 3.63) is 0 Å². The molecular weight excluding hydrogens is 1890 g/mol. The van der Waals surface area contributed by atoms with Crippen molar-refractivity contribution in [2.24, 2.45) is 207 Å². The number of hydrogen-bond donors (Lipinski definition) is 0. The van der Waals surface area contributed by atoms with E-state index in [4.69, 9.17) is 28.4 Å². The third-order valence-electron chi connectivity index (χ3n) is 42.7. The summed E-state index contributed by atoms with van der Waals surface area (Å²) in [5.74, 6) is 32.7. The van der Waals surface area contributed by atoms with Crippen molar-refractivity contribution in [3.63, 3.8) is 0 Å². The van der Waals surface area contributed by atoms with Gasteiger partial charge in [-0.05, 0) is 322 Å². The number of rotatable bonds is 24. The number of carbonyl (C=O) groups excluding carboxylic acids is 3. The van der Waals surface area contributed by atoms with Crippen LogP contribution in [0.1, 0.15) is 467 Å². The van der Waals surface area contributed by atoms with Gasteiger partial charge in [0.2, 0.25) is 0 Å². The Morgan fingerprint density at radius 1 is 0.181 bits per heavy atom. The molecule has 0 spiro atoms. The maximum Gasteiger partial charge on any atom is 0.146 e. The first-order chi connectivity index (χ1) is 66.8. The molecule has 0 aromatic rings. The number of thioether (sulfide) groups is 6. The maximum absolute atomic E-state index is 11.5. The Labute approximate surface area is 926 Å². The summed E-state index contributed by atoms with van der Waals surface area (Å²) in [4.78, 5) is 34.0. The van der Waals surface area contributed by atoms with Crippen LogP contribution in [0.3, 0.4) is 0 Å². The van der Waals surface area contributed by atoms with Gasteiger partial charge < -0.3 is 28.4 Å². The third-order valence-corrected chi connectivity index (χ3v) is 50.1. The zero-order valence-electron chi connectivity index (χ0n) is 105. The maximum atomic E-state index is 11.5. The molecule has 12 aliphatic rings. The Hall–Kier alpha value is 0.870. The minimum absolute atomic E-state index is 0.234. The van der Waals surface area contributed by atoms with E-state index in [0.29, 0.717) is 131 Å². The van der Waals surface area contributed by atoms with E-state index in [-0.39, 0.29) is 5.41 Å². The van der Waals surface area contributed by atoms with Gasteiger partial charge in [0.1, 0.15) is 24.1 Å². The fourth-order valence-electron chi connectivity index (χ4n) is 28.2. The Balaban J connectivity index is 0.000000786. The van der Waals surface area contributed by atoms with Gasteiger partial charge >= 0.3 is 0 Å². The lowest BCUT2D eigenvalue weighted by Gasteiger charge is -2.44. The minimum atomic E-state index is 0.234. The molecule has 3 saturated carbocycles. The second-order valence-corrected chi connectivity index (χ2v) is 62.1. The van der Waals surface area contributed by atoms with Crippen molar-refractivity contribution in [1.82, 2.24) is 0 Å².